The molecule has 2 aromatic rings. The second-order valence-corrected chi connectivity index (χ2v) is 12.0. The maximum Gasteiger partial charge on any atom is 0.413 e. The number of nitrogens with zero attached hydrogens (tertiary/aromatic N) is 3. The van der Waals surface area contributed by atoms with Gasteiger partial charge in [0.1, 0.15) is 11.4 Å². The Balaban J connectivity index is 1.65. The highest BCUT2D eigenvalue weighted by atomic mass is 16.6. The molecule has 0 saturated carbocycles. The van der Waals surface area contributed by atoms with Gasteiger partial charge in [-0.2, -0.15) is 0 Å². The van der Waals surface area contributed by atoms with Crippen LogP contribution >= 0.6 is 0 Å². The zero-order chi connectivity index (χ0) is 31.3. The molecule has 0 unspecified atom stereocenters. The van der Waals surface area contributed by atoms with Crippen LogP contribution in [0, 0.1) is 0 Å². The van der Waals surface area contributed by atoms with E-state index in [4.69, 9.17) is 9.73 Å². The predicted octanol–water partition coefficient (Wildman–Crippen LogP) is 4.52. The molecular formula is C33H42N4O6. The van der Waals surface area contributed by atoms with Crippen molar-refractivity contribution >= 4 is 35.5 Å². The number of rotatable bonds is 7. The van der Waals surface area contributed by atoms with Crippen LogP contribution in [0.1, 0.15) is 69.8 Å². The van der Waals surface area contributed by atoms with E-state index in [1.54, 1.807) is 32.9 Å². The number of aliphatic imine (C=N–C) groups is 1. The maximum absolute atomic E-state index is 13.6. The Hall–Kier alpha value is -4.02. The number of carbonyl (C=O) groups is 3. The number of alkyl carbamates (subject to hydrolysis) is 1. The van der Waals surface area contributed by atoms with Crippen LogP contribution in [0.3, 0.4) is 0 Å². The Labute approximate surface area is 253 Å². The fraction of sp³-hybridized carbons (Fsp3) is 0.455. The number of fused-ring (bicyclic) bond motifs is 1. The Morgan fingerprint density at radius 3 is 2.16 bits per heavy atom. The minimum absolute atomic E-state index is 0.0855. The largest absolute Gasteiger partial charge is 0.444 e. The fourth-order valence-electron chi connectivity index (χ4n) is 5.16. The normalized spacial score (nSPS) is 18.3. The Morgan fingerprint density at radius 2 is 1.58 bits per heavy atom. The molecule has 3 amide bonds. The maximum atomic E-state index is 13.6. The van der Waals surface area contributed by atoms with E-state index in [-0.39, 0.29) is 31.3 Å². The minimum atomic E-state index is -0.940. The molecule has 0 bridgehead atoms. The first-order chi connectivity index (χ1) is 20.4. The van der Waals surface area contributed by atoms with Crippen LogP contribution in [0.4, 0.5) is 10.5 Å². The first-order valence-corrected chi connectivity index (χ1v) is 14.9. The lowest BCUT2D eigenvalue weighted by Crippen LogP contribution is -2.38. The molecule has 0 spiro atoms. The Kier molecular flexibility index (Phi) is 10.0. The van der Waals surface area contributed by atoms with Crippen LogP contribution in [-0.2, 0) is 9.53 Å². The second kappa shape index (κ2) is 13.5. The van der Waals surface area contributed by atoms with Gasteiger partial charge < -0.3 is 24.7 Å². The van der Waals surface area contributed by atoms with Crippen LogP contribution < -0.4 is 5.32 Å². The summed E-state index contributed by atoms with van der Waals surface area (Å²) in [6.07, 6.45) is 1.13. The zero-order valence-electron chi connectivity index (χ0n) is 25.6. The number of aliphatic hydroxyl groups is 2. The van der Waals surface area contributed by atoms with Gasteiger partial charge in [-0.15, -0.1) is 0 Å². The van der Waals surface area contributed by atoms with Gasteiger partial charge >= 0.3 is 6.09 Å². The summed E-state index contributed by atoms with van der Waals surface area (Å²) >= 11 is 0. The van der Waals surface area contributed by atoms with Gasteiger partial charge in [0.25, 0.3) is 5.91 Å². The summed E-state index contributed by atoms with van der Waals surface area (Å²) < 4.78 is 5.46. The van der Waals surface area contributed by atoms with Gasteiger partial charge in [-0.1, -0.05) is 38.1 Å². The van der Waals surface area contributed by atoms with Crippen LogP contribution in [0.25, 0.3) is 17.2 Å². The molecule has 230 valence electrons. The highest BCUT2D eigenvalue weighted by Gasteiger charge is 2.33. The number of amides is 3. The molecule has 3 N–H and O–H groups in total. The van der Waals surface area contributed by atoms with Crippen molar-refractivity contribution in [3.05, 3.63) is 59.2 Å². The molecule has 0 aromatic heterocycles. The third-order valence-corrected chi connectivity index (χ3v) is 7.18. The summed E-state index contributed by atoms with van der Waals surface area (Å²) in [7, 11) is 0. The van der Waals surface area contributed by atoms with Crippen molar-refractivity contribution in [3.63, 3.8) is 0 Å². The molecule has 43 heavy (non-hydrogen) atoms. The lowest BCUT2D eigenvalue weighted by molar-refractivity contribution is -0.127. The first-order valence-electron chi connectivity index (χ1n) is 14.9. The van der Waals surface area contributed by atoms with Gasteiger partial charge in [0.05, 0.1) is 17.9 Å². The van der Waals surface area contributed by atoms with Gasteiger partial charge in [-0.3, -0.25) is 14.9 Å². The second-order valence-electron chi connectivity index (χ2n) is 12.0. The molecule has 2 heterocycles. The van der Waals surface area contributed by atoms with Crippen molar-refractivity contribution in [1.29, 1.82) is 0 Å². The molecule has 2 aliphatic rings. The number of aliphatic hydroxyl groups excluding tert-OH is 2. The number of carbonyl (C=O) groups excluding carboxylic acids is 3. The highest BCUT2D eigenvalue weighted by Crippen LogP contribution is 2.33. The van der Waals surface area contributed by atoms with Crippen molar-refractivity contribution in [2.75, 3.05) is 26.2 Å². The van der Waals surface area contributed by atoms with E-state index < -0.39 is 23.9 Å². The number of amidine groups is 1. The van der Waals surface area contributed by atoms with Crippen LogP contribution in [-0.4, -0.2) is 87.7 Å². The molecule has 2 aromatic carbocycles. The van der Waals surface area contributed by atoms with E-state index in [1.165, 1.54) is 4.90 Å². The number of hydrogen-bond acceptors (Lipinski definition) is 7. The van der Waals surface area contributed by atoms with Crippen LogP contribution in [0.2, 0.25) is 0 Å². The SMILES string of the molecule is CCCN(CCC)C(=O)C1=Cc2ccc(-c3ccc(C(=O)N4C[C@H](O)[C@@H](O)C4)cc3)cc2N=C(NC(=O)OC(C)(C)C)C1. The molecule has 2 atom stereocenters. The van der Waals surface area contributed by atoms with Gasteiger partial charge in [0.2, 0.25) is 5.91 Å². The van der Waals surface area contributed by atoms with Crippen molar-refractivity contribution in [3.8, 4) is 11.1 Å². The van der Waals surface area contributed by atoms with E-state index in [1.807, 2.05) is 55.2 Å². The lowest BCUT2D eigenvalue weighted by Gasteiger charge is -2.23. The van der Waals surface area contributed by atoms with Crippen molar-refractivity contribution in [2.45, 2.75) is 71.7 Å². The summed E-state index contributed by atoms with van der Waals surface area (Å²) in [6.45, 7) is 10.9. The van der Waals surface area contributed by atoms with E-state index in [0.29, 0.717) is 35.7 Å². The van der Waals surface area contributed by atoms with E-state index in [9.17, 15) is 24.6 Å². The minimum Gasteiger partial charge on any atom is -0.444 e. The standard InChI is InChI=1S/C33H42N4O6/c1-6-14-36(15-7-2)31(41)25-16-24-13-12-23(17-26(24)34-29(18-25)35-32(42)43-33(3,4)5)21-8-10-22(11-9-21)30(40)37-19-27(38)28(39)20-37/h8-13,16-17,27-28,38-39H,6-7,14-15,18-20H2,1-5H3,(H,34,35,42)/t27-,28-/m0/s1. The quantitative estimate of drug-likeness (QED) is 0.435. The third kappa shape index (κ3) is 8.09. The first kappa shape index (κ1) is 31.9. The van der Waals surface area contributed by atoms with Gasteiger partial charge in [0, 0.05) is 49.3 Å². The molecular weight excluding hydrogens is 548 g/mol. The predicted molar refractivity (Wildman–Crippen MR) is 166 cm³/mol. The Morgan fingerprint density at radius 1 is 0.977 bits per heavy atom. The highest BCUT2D eigenvalue weighted by molar-refractivity contribution is 6.08. The monoisotopic (exact) mass is 590 g/mol. The lowest BCUT2D eigenvalue weighted by atomic mass is 9.99. The van der Waals surface area contributed by atoms with E-state index in [2.05, 4.69) is 5.32 Å². The zero-order valence-corrected chi connectivity index (χ0v) is 25.6. The molecule has 10 heteroatoms. The van der Waals surface area contributed by atoms with Gasteiger partial charge in [-0.05, 0) is 69.0 Å². The fourth-order valence-corrected chi connectivity index (χ4v) is 5.16. The number of β-amino-alcohol motifs (C(OH)–C–C–N with tert-alkyl or cyclic N) is 2. The third-order valence-electron chi connectivity index (χ3n) is 7.18. The van der Waals surface area contributed by atoms with Gasteiger partial charge in [0.15, 0.2) is 0 Å². The average Bonchev–Trinajstić information content (AvgIpc) is 3.17. The number of likely N-dealkylation sites (tertiary alicyclic amines) is 1. The topological polar surface area (TPSA) is 132 Å². The molecule has 1 fully saturated rings. The van der Waals surface area contributed by atoms with Crippen molar-refractivity contribution < 1.29 is 29.3 Å². The van der Waals surface area contributed by atoms with Gasteiger partial charge in [-0.25, -0.2) is 9.79 Å². The molecule has 2 aliphatic heterocycles. The van der Waals surface area contributed by atoms with Crippen LogP contribution in [0.5, 0.6) is 0 Å². The Bertz CT molecular complexity index is 1390. The number of benzene rings is 2. The molecule has 10 nitrogen and oxygen atoms in total. The summed E-state index contributed by atoms with van der Waals surface area (Å²) in [4.78, 5) is 47.2. The number of hydrogen-bond donors (Lipinski definition) is 3. The summed E-state index contributed by atoms with van der Waals surface area (Å²) in [6, 6.07) is 12.8. The molecule has 1 saturated heterocycles. The summed E-state index contributed by atoms with van der Waals surface area (Å²) in [5, 5.41) is 22.4. The average molecular weight is 591 g/mol. The van der Waals surface area contributed by atoms with E-state index >= 15 is 0 Å². The van der Waals surface area contributed by atoms with Crippen molar-refractivity contribution in [2.24, 2.45) is 4.99 Å². The molecule has 0 radical (unpaired) electrons. The van der Waals surface area contributed by atoms with E-state index in [0.717, 1.165) is 29.5 Å². The van der Waals surface area contributed by atoms with Crippen LogP contribution in [0.15, 0.2) is 53.0 Å². The molecule has 4 rings (SSSR count). The summed E-state index contributed by atoms with van der Waals surface area (Å²) in [5.41, 5.74) is 3.31. The summed E-state index contributed by atoms with van der Waals surface area (Å²) in [5.74, 6) is -0.0275. The number of ether oxygens (including phenoxy) is 1. The number of nitrogens with one attached hydrogen (secondary N) is 1. The smallest absolute Gasteiger partial charge is 0.413 e. The van der Waals surface area contributed by atoms with Crippen molar-refractivity contribution in [1.82, 2.24) is 15.1 Å². The molecule has 0 aliphatic carbocycles.